The van der Waals surface area contributed by atoms with Crippen LogP contribution in [0.1, 0.15) is 46.5 Å². The van der Waals surface area contributed by atoms with Gasteiger partial charge < -0.3 is 20.3 Å². The second-order valence-electron chi connectivity index (χ2n) is 8.73. The fraction of sp³-hybridized carbons (Fsp3) is 0.571. The minimum Gasteiger partial charge on any atom is -0.444 e. The third kappa shape index (κ3) is 4.64. The van der Waals surface area contributed by atoms with E-state index < -0.39 is 5.60 Å². The van der Waals surface area contributed by atoms with Crippen molar-refractivity contribution in [3.63, 3.8) is 0 Å². The molecule has 28 heavy (non-hydrogen) atoms. The number of piperidine rings is 1. The molecule has 1 aromatic heterocycles. The predicted molar refractivity (Wildman–Crippen MR) is 111 cm³/mol. The number of carbonyl (C=O) groups excluding carboxylic acids is 1. The van der Waals surface area contributed by atoms with Crippen molar-refractivity contribution in [2.45, 2.75) is 64.1 Å². The molecule has 1 saturated heterocycles. The summed E-state index contributed by atoms with van der Waals surface area (Å²) < 4.78 is 5.41. The van der Waals surface area contributed by atoms with Crippen LogP contribution in [0.25, 0.3) is 11.0 Å². The smallest absolute Gasteiger partial charge is 0.407 e. The van der Waals surface area contributed by atoms with Crippen molar-refractivity contribution in [3.05, 3.63) is 24.3 Å². The first-order valence-corrected chi connectivity index (χ1v) is 10.2. The number of hydrogen-bond donors (Lipinski definition) is 2. The highest BCUT2D eigenvalue weighted by Gasteiger charge is 2.29. The largest absolute Gasteiger partial charge is 0.444 e. The van der Waals surface area contributed by atoms with E-state index in [-0.39, 0.29) is 12.1 Å². The summed E-state index contributed by atoms with van der Waals surface area (Å²) in [6.45, 7) is 7.23. The molecule has 1 unspecified atom stereocenters. The summed E-state index contributed by atoms with van der Waals surface area (Å²) >= 11 is 0. The monoisotopic (exact) mass is 383 g/mol. The Kier molecular flexibility index (Phi) is 5.00. The van der Waals surface area contributed by atoms with E-state index in [0.717, 1.165) is 42.1 Å². The van der Waals surface area contributed by atoms with Crippen LogP contribution in [0.3, 0.4) is 0 Å². The van der Waals surface area contributed by atoms with Gasteiger partial charge in [0.15, 0.2) is 11.6 Å². The number of para-hydroxylation sites is 2. The van der Waals surface area contributed by atoms with E-state index in [2.05, 4.69) is 15.5 Å². The average molecular weight is 383 g/mol. The van der Waals surface area contributed by atoms with Gasteiger partial charge in [0.2, 0.25) is 0 Å². The van der Waals surface area contributed by atoms with Crippen LogP contribution in [0.4, 0.5) is 16.4 Å². The van der Waals surface area contributed by atoms with Crippen molar-refractivity contribution in [3.8, 4) is 0 Å². The number of nitrogens with zero attached hydrogens (tertiary/aromatic N) is 3. The number of ether oxygens (including phenoxy) is 1. The molecule has 2 fully saturated rings. The predicted octanol–water partition coefficient (Wildman–Crippen LogP) is 3.70. The molecule has 2 aromatic rings. The third-order valence-electron chi connectivity index (χ3n) is 4.91. The molecule has 2 N–H and O–H groups in total. The normalized spacial score (nSPS) is 20.1. The maximum absolute atomic E-state index is 12.2. The Morgan fingerprint density at radius 3 is 2.50 bits per heavy atom. The molecule has 2 heterocycles. The zero-order chi connectivity index (χ0) is 19.7. The van der Waals surface area contributed by atoms with E-state index >= 15 is 0 Å². The number of rotatable bonds is 4. The minimum absolute atomic E-state index is 0.0330. The molecule has 150 valence electrons. The SMILES string of the molecule is CC(C)(C)OC(=O)NC1CCCN(c2nc3ccccc3nc2NC2CC2)C1. The highest BCUT2D eigenvalue weighted by atomic mass is 16.6. The lowest BCUT2D eigenvalue weighted by molar-refractivity contribution is 0.0500. The van der Waals surface area contributed by atoms with Crippen LogP contribution >= 0.6 is 0 Å². The average Bonchev–Trinajstić information content (AvgIpc) is 3.44. The lowest BCUT2D eigenvalue weighted by Gasteiger charge is -2.35. The second-order valence-corrected chi connectivity index (χ2v) is 8.73. The van der Waals surface area contributed by atoms with E-state index in [0.29, 0.717) is 12.6 Å². The van der Waals surface area contributed by atoms with Crippen LogP contribution in [0, 0.1) is 0 Å². The summed E-state index contributed by atoms with van der Waals surface area (Å²) in [5, 5.41) is 6.55. The van der Waals surface area contributed by atoms with Crippen LogP contribution in [0.5, 0.6) is 0 Å². The van der Waals surface area contributed by atoms with Gasteiger partial charge in [-0.3, -0.25) is 0 Å². The van der Waals surface area contributed by atoms with Gasteiger partial charge in [-0.2, -0.15) is 0 Å². The number of anilines is 2. The van der Waals surface area contributed by atoms with E-state index in [1.165, 1.54) is 12.8 Å². The quantitative estimate of drug-likeness (QED) is 0.838. The number of hydrogen-bond acceptors (Lipinski definition) is 6. The highest BCUT2D eigenvalue weighted by Crippen LogP contribution is 2.32. The van der Waals surface area contributed by atoms with Gasteiger partial charge in [-0.25, -0.2) is 14.8 Å². The fourth-order valence-corrected chi connectivity index (χ4v) is 3.49. The summed E-state index contributed by atoms with van der Waals surface area (Å²) in [4.78, 5) is 24.2. The molecule has 1 aliphatic carbocycles. The molecule has 4 rings (SSSR count). The molecule has 1 aliphatic heterocycles. The zero-order valence-corrected chi connectivity index (χ0v) is 16.9. The Morgan fingerprint density at radius 2 is 1.82 bits per heavy atom. The standard InChI is InChI=1S/C21H29N5O2/c1-21(2,3)28-20(27)23-15-7-6-12-26(13-15)19-18(22-14-10-11-14)24-16-8-4-5-9-17(16)25-19/h4-5,8-9,14-15H,6-7,10-13H2,1-3H3,(H,22,24)(H,23,27). The Hall–Kier alpha value is -2.57. The second kappa shape index (κ2) is 7.45. The maximum atomic E-state index is 12.2. The van der Waals surface area contributed by atoms with Gasteiger partial charge in [0.05, 0.1) is 11.0 Å². The summed E-state index contributed by atoms with van der Waals surface area (Å²) in [5.74, 6) is 1.72. The summed E-state index contributed by atoms with van der Waals surface area (Å²) in [7, 11) is 0. The van der Waals surface area contributed by atoms with Crippen LogP contribution in [0.15, 0.2) is 24.3 Å². The third-order valence-corrected chi connectivity index (χ3v) is 4.91. The molecule has 1 atom stereocenters. The zero-order valence-electron chi connectivity index (χ0n) is 16.9. The van der Waals surface area contributed by atoms with Gasteiger partial charge in [0.25, 0.3) is 0 Å². The molecule has 0 spiro atoms. The van der Waals surface area contributed by atoms with Crippen LogP contribution in [-0.2, 0) is 4.74 Å². The van der Waals surface area contributed by atoms with Crippen molar-refractivity contribution < 1.29 is 9.53 Å². The number of carbonyl (C=O) groups is 1. The Balaban J connectivity index is 1.53. The lowest BCUT2D eigenvalue weighted by atomic mass is 10.1. The first kappa shape index (κ1) is 18.8. The van der Waals surface area contributed by atoms with Crippen molar-refractivity contribution in [1.29, 1.82) is 0 Å². The molecule has 2 aliphatic rings. The van der Waals surface area contributed by atoms with Crippen molar-refractivity contribution >= 4 is 28.8 Å². The number of alkyl carbamates (subject to hydrolysis) is 1. The summed E-state index contributed by atoms with van der Waals surface area (Å²) in [6.07, 6.45) is 3.91. The van der Waals surface area contributed by atoms with Gasteiger partial charge in [-0.1, -0.05) is 12.1 Å². The van der Waals surface area contributed by atoms with E-state index in [4.69, 9.17) is 14.7 Å². The van der Waals surface area contributed by atoms with Crippen molar-refractivity contribution in [1.82, 2.24) is 15.3 Å². The Labute approximate surface area is 165 Å². The molecule has 0 radical (unpaired) electrons. The van der Waals surface area contributed by atoms with Gasteiger partial charge in [0, 0.05) is 25.2 Å². The lowest BCUT2D eigenvalue weighted by Crippen LogP contribution is -2.49. The van der Waals surface area contributed by atoms with Crippen molar-refractivity contribution in [2.24, 2.45) is 0 Å². The number of fused-ring (bicyclic) bond motifs is 1. The molecule has 1 amide bonds. The van der Waals surface area contributed by atoms with Crippen LogP contribution in [-0.4, -0.2) is 46.8 Å². The van der Waals surface area contributed by atoms with Crippen LogP contribution < -0.4 is 15.5 Å². The van der Waals surface area contributed by atoms with E-state index in [1.807, 2.05) is 45.0 Å². The van der Waals surface area contributed by atoms with Gasteiger partial charge in [-0.05, 0) is 58.6 Å². The number of aromatic nitrogens is 2. The van der Waals surface area contributed by atoms with E-state index in [1.54, 1.807) is 0 Å². The topological polar surface area (TPSA) is 79.4 Å². The number of amides is 1. The van der Waals surface area contributed by atoms with E-state index in [9.17, 15) is 4.79 Å². The molecular weight excluding hydrogens is 354 g/mol. The molecule has 1 saturated carbocycles. The number of benzene rings is 1. The fourth-order valence-electron chi connectivity index (χ4n) is 3.49. The summed E-state index contributed by atoms with van der Waals surface area (Å²) in [6, 6.07) is 8.48. The van der Waals surface area contributed by atoms with Crippen molar-refractivity contribution in [2.75, 3.05) is 23.3 Å². The Bertz CT molecular complexity index is 859. The van der Waals surface area contributed by atoms with Gasteiger partial charge >= 0.3 is 6.09 Å². The summed E-state index contributed by atoms with van der Waals surface area (Å²) in [5.41, 5.74) is 1.29. The molecule has 7 nitrogen and oxygen atoms in total. The highest BCUT2D eigenvalue weighted by molar-refractivity contribution is 5.80. The van der Waals surface area contributed by atoms with Gasteiger partial charge in [0.1, 0.15) is 5.60 Å². The molecule has 1 aromatic carbocycles. The number of nitrogens with one attached hydrogen (secondary N) is 2. The first-order valence-electron chi connectivity index (χ1n) is 10.2. The Morgan fingerprint density at radius 1 is 1.11 bits per heavy atom. The van der Waals surface area contributed by atoms with Gasteiger partial charge in [-0.15, -0.1) is 0 Å². The minimum atomic E-state index is -0.496. The van der Waals surface area contributed by atoms with Crippen LogP contribution in [0.2, 0.25) is 0 Å². The molecule has 0 bridgehead atoms. The molecule has 7 heteroatoms. The molecular formula is C21H29N5O2. The maximum Gasteiger partial charge on any atom is 0.407 e. The first-order chi connectivity index (χ1) is 13.4.